The first-order valence-electron chi connectivity index (χ1n) is 4.16. The summed E-state index contributed by atoms with van der Waals surface area (Å²) in [6.07, 6.45) is 0. The first kappa shape index (κ1) is 11.7. The number of carbonyl (C=O) groups excluding carboxylic acids is 1. The van der Waals surface area contributed by atoms with E-state index < -0.39 is 0 Å². The van der Waals surface area contributed by atoms with E-state index in [-0.39, 0.29) is 19.0 Å². The van der Waals surface area contributed by atoms with Crippen LogP contribution in [0.3, 0.4) is 0 Å². The molecule has 0 aliphatic carbocycles. The number of carbonyl (C=O) groups is 1. The first-order chi connectivity index (χ1) is 7.15. The van der Waals surface area contributed by atoms with Crippen LogP contribution >= 0.6 is 15.9 Å². The molecule has 0 bridgehead atoms. The highest BCUT2D eigenvalue weighted by Gasteiger charge is 2.02. The van der Waals surface area contributed by atoms with Gasteiger partial charge in [0.25, 0.3) is 0 Å². The fourth-order valence-electron chi connectivity index (χ4n) is 0.807. The van der Waals surface area contributed by atoms with Crippen molar-refractivity contribution < 1.29 is 4.79 Å². The molecule has 6 nitrogen and oxygen atoms in total. The zero-order chi connectivity index (χ0) is 11.3. The Morgan fingerprint density at radius 1 is 1.73 bits per heavy atom. The summed E-state index contributed by atoms with van der Waals surface area (Å²) >= 11 is 3.21. The molecule has 1 heterocycles. The van der Waals surface area contributed by atoms with Crippen molar-refractivity contribution in [2.24, 2.45) is 12.8 Å². The quantitative estimate of drug-likeness (QED) is 0.676. The van der Waals surface area contributed by atoms with Gasteiger partial charge in [0.2, 0.25) is 5.91 Å². The molecule has 1 amide bonds. The molecule has 0 unspecified atom stereocenters. The largest absolute Gasteiger partial charge is 0.344 e. The van der Waals surface area contributed by atoms with Gasteiger partial charge in [-0.25, -0.2) is 4.68 Å². The predicted octanol–water partition coefficient (Wildman–Crippen LogP) is -0.996. The van der Waals surface area contributed by atoms with Crippen molar-refractivity contribution >= 4 is 21.8 Å². The minimum atomic E-state index is -0.230. The molecule has 0 aromatic carbocycles. The van der Waals surface area contributed by atoms with E-state index in [1.807, 2.05) is 0 Å². The number of amides is 1. The molecule has 3 N–H and O–H groups in total. The third-order valence-electron chi connectivity index (χ3n) is 1.55. The highest BCUT2D eigenvalue weighted by molar-refractivity contribution is 9.10. The van der Waals surface area contributed by atoms with E-state index in [2.05, 4.69) is 43.4 Å². The molecule has 0 saturated carbocycles. The lowest BCUT2D eigenvalue weighted by molar-refractivity contribution is -0.119. The Labute approximate surface area is 95.3 Å². The zero-order valence-electron chi connectivity index (χ0n) is 8.12. The van der Waals surface area contributed by atoms with Crippen molar-refractivity contribution in [1.29, 1.82) is 0 Å². The number of hydrogen-bond acceptors (Lipinski definition) is 4. The third kappa shape index (κ3) is 3.34. The zero-order valence-corrected chi connectivity index (χ0v) is 9.71. The topological polar surface area (TPSA) is 85.8 Å². The molecule has 0 radical (unpaired) electrons. The summed E-state index contributed by atoms with van der Waals surface area (Å²) in [5.74, 6) is 5.36. The van der Waals surface area contributed by atoms with Crippen molar-refractivity contribution in [2.75, 3.05) is 13.1 Å². The molecular weight excluding hydrogens is 262 g/mol. The van der Waals surface area contributed by atoms with Gasteiger partial charge < -0.3 is 11.1 Å². The molecule has 1 aromatic rings. The number of halogens is 1. The van der Waals surface area contributed by atoms with Crippen molar-refractivity contribution in [1.82, 2.24) is 20.3 Å². The van der Waals surface area contributed by atoms with E-state index in [1.165, 1.54) is 0 Å². The fourth-order valence-corrected chi connectivity index (χ4v) is 1.23. The van der Waals surface area contributed by atoms with E-state index >= 15 is 0 Å². The van der Waals surface area contributed by atoms with Crippen LogP contribution in [-0.4, -0.2) is 34.0 Å². The molecular formula is C8H10BrN5O. The minimum absolute atomic E-state index is 0.0291. The van der Waals surface area contributed by atoms with Crippen molar-refractivity contribution in [3.05, 3.63) is 10.3 Å². The molecule has 7 heteroatoms. The number of nitrogens with one attached hydrogen (secondary N) is 1. The molecule has 15 heavy (non-hydrogen) atoms. The maximum absolute atomic E-state index is 10.8. The number of nitrogens with zero attached hydrogens (tertiary/aromatic N) is 3. The monoisotopic (exact) mass is 271 g/mol. The molecule has 80 valence electrons. The first-order valence-corrected chi connectivity index (χ1v) is 4.95. The molecule has 0 aliphatic rings. The highest BCUT2D eigenvalue weighted by Crippen LogP contribution is 2.09. The Kier molecular flexibility index (Phi) is 4.27. The van der Waals surface area contributed by atoms with Gasteiger partial charge in [-0.1, -0.05) is 11.1 Å². The summed E-state index contributed by atoms with van der Waals surface area (Å²) in [5.41, 5.74) is 5.77. The average molecular weight is 272 g/mol. The van der Waals surface area contributed by atoms with Crippen LogP contribution in [-0.2, 0) is 11.8 Å². The van der Waals surface area contributed by atoms with Gasteiger partial charge in [-0.05, 0) is 21.9 Å². The molecule has 0 aliphatic heterocycles. The maximum atomic E-state index is 10.8. The standard InChI is InChI=1S/C8H10BrN5O/c1-14-6(8(9)12-13-14)3-2-4-11-7(15)5-10/h4-5,10H2,1H3,(H,11,15). The molecule has 0 atom stereocenters. The smallest absolute Gasteiger partial charge is 0.234 e. The fraction of sp³-hybridized carbons (Fsp3) is 0.375. The van der Waals surface area contributed by atoms with Gasteiger partial charge in [-0.15, -0.1) is 5.10 Å². The van der Waals surface area contributed by atoms with E-state index in [0.29, 0.717) is 10.3 Å². The summed E-state index contributed by atoms with van der Waals surface area (Å²) in [4.78, 5) is 10.8. The van der Waals surface area contributed by atoms with Crippen molar-refractivity contribution in [2.45, 2.75) is 0 Å². The minimum Gasteiger partial charge on any atom is -0.344 e. The maximum Gasteiger partial charge on any atom is 0.234 e. The van der Waals surface area contributed by atoms with Gasteiger partial charge in [0, 0.05) is 7.05 Å². The molecule has 0 fully saturated rings. The van der Waals surface area contributed by atoms with Crippen LogP contribution in [0, 0.1) is 11.8 Å². The van der Waals surface area contributed by atoms with Crippen LogP contribution in [0.4, 0.5) is 0 Å². The SMILES string of the molecule is Cn1nnc(Br)c1C#CCNC(=O)CN. The number of aromatic nitrogens is 3. The normalized spacial score (nSPS) is 9.27. The molecule has 1 rings (SSSR count). The number of rotatable bonds is 2. The van der Waals surface area contributed by atoms with Crippen LogP contribution in [0.5, 0.6) is 0 Å². The highest BCUT2D eigenvalue weighted by atomic mass is 79.9. The van der Waals surface area contributed by atoms with Crippen molar-refractivity contribution in [3.63, 3.8) is 0 Å². The Morgan fingerprint density at radius 2 is 2.47 bits per heavy atom. The average Bonchev–Trinajstić information content (AvgIpc) is 2.54. The van der Waals surface area contributed by atoms with Crippen LogP contribution in [0.25, 0.3) is 0 Å². The van der Waals surface area contributed by atoms with Gasteiger partial charge >= 0.3 is 0 Å². The lowest BCUT2D eigenvalue weighted by Gasteiger charge is -1.95. The third-order valence-corrected chi connectivity index (χ3v) is 2.09. The van der Waals surface area contributed by atoms with E-state index in [9.17, 15) is 4.79 Å². The van der Waals surface area contributed by atoms with Crippen molar-refractivity contribution in [3.8, 4) is 11.8 Å². The van der Waals surface area contributed by atoms with Crippen LogP contribution in [0.1, 0.15) is 5.69 Å². The van der Waals surface area contributed by atoms with Gasteiger partial charge in [0.05, 0.1) is 13.1 Å². The second-order valence-electron chi connectivity index (χ2n) is 2.64. The predicted molar refractivity (Wildman–Crippen MR) is 57.6 cm³/mol. The van der Waals surface area contributed by atoms with Crippen LogP contribution in [0.15, 0.2) is 4.60 Å². The molecule has 0 spiro atoms. The van der Waals surface area contributed by atoms with Gasteiger partial charge in [0.15, 0.2) is 4.60 Å². The lowest BCUT2D eigenvalue weighted by Crippen LogP contribution is -2.30. The Morgan fingerprint density at radius 3 is 3.00 bits per heavy atom. The Bertz CT molecular complexity index is 397. The number of hydrogen-bond donors (Lipinski definition) is 2. The Hall–Kier alpha value is -1.39. The molecule has 1 aromatic heterocycles. The van der Waals surface area contributed by atoms with Crippen LogP contribution < -0.4 is 11.1 Å². The van der Waals surface area contributed by atoms with E-state index in [1.54, 1.807) is 11.7 Å². The second kappa shape index (κ2) is 5.48. The number of aryl methyl sites for hydroxylation is 1. The molecule has 0 saturated heterocycles. The van der Waals surface area contributed by atoms with Crippen LogP contribution in [0.2, 0.25) is 0 Å². The van der Waals surface area contributed by atoms with E-state index in [0.717, 1.165) is 0 Å². The van der Waals surface area contributed by atoms with Gasteiger partial charge in [-0.2, -0.15) is 0 Å². The summed E-state index contributed by atoms with van der Waals surface area (Å²) in [5, 5.41) is 10.1. The summed E-state index contributed by atoms with van der Waals surface area (Å²) in [6.45, 7) is 0.228. The lowest BCUT2D eigenvalue weighted by atomic mass is 10.4. The Balaban J connectivity index is 2.55. The van der Waals surface area contributed by atoms with Gasteiger partial charge in [-0.3, -0.25) is 4.79 Å². The summed E-state index contributed by atoms with van der Waals surface area (Å²) in [6, 6.07) is 0. The summed E-state index contributed by atoms with van der Waals surface area (Å²) in [7, 11) is 1.74. The number of nitrogens with two attached hydrogens (primary N) is 1. The summed E-state index contributed by atoms with van der Waals surface area (Å²) < 4.78 is 2.13. The van der Waals surface area contributed by atoms with E-state index in [4.69, 9.17) is 5.73 Å². The second-order valence-corrected chi connectivity index (χ2v) is 3.39. The van der Waals surface area contributed by atoms with Gasteiger partial charge in [0.1, 0.15) is 5.69 Å².